The Hall–Kier alpha value is -2.11. The van der Waals surface area contributed by atoms with Gasteiger partial charge in [-0.15, -0.1) is 0 Å². The molecule has 0 radical (unpaired) electrons. The molecule has 0 spiro atoms. The summed E-state index contributed by atoms with van der Waals surface area (Å²) in [7, 11) is 0. The third kappa shape index (κ3) is 4.24. The third-order valence-corrected chi connectivity index (χ3v) is 2.79. The zero-order valence-corrected chi connectivity index (χ0v) is 10.9. The molecule has 0 saturated heterocycles. The monoisotopic (exact) mass is 268 g/mol. The van der Waals surface area contributed by atoms with E-state index in [9.17, 15) is 14.0 Å². The van der Waals surface area contributed by atoms with E-state index in [2.05, 4.69) is 10.6 Å². The molecule has 1 rings (SSSR count). The maximum Gasteiger partial charge on any atom is 0.337 e. The molecule has 1 atom stereocenters. The van der Waals surface area contributed by atoms with Crippen LogP contribution in [0.5, 0.6) is 0 Å². The van der Waals surface area contributed by atoms with Crippen molar-refractivity contribution in [3.05, 3.63) is 29.6 Å². The zero-order chi connectivity index (χ0) is 14.4. The molecule has 1 aromatic carbocycles. The second-order valence-corrected chi connectivity index (χ2v) is 4.32. The number of carboxylic acid groups (broad SMARTS) is 1. The lowest BCUT2D eigenvalue weighted by atomic mass is 10.1. The van der Waals surface area contributed by atoms with Crippen molar-refractivity contribution in [2.75, 3.05) is 11.9 Å². The van der Waals surface area contributed by atoms with Gasteiger partial charge in [-0.1, -0.05) is 26.3 Å². The summed E-state index contributed by atoms with van der Waals surface area (Å²) in [5.74, 6) is -1.78. The van der Waals surface area contributed by atoms with Gasteiger partial charge in [0.25, 0.3) is 0 Å². The average Bonchev–Trinajstić information content (AvgIpc) is 2.38. The molecule has 1 aromatic rings. The Morgan fingerprint density at radius 2 is 2.11 bits per heavy atom. The van der Waals surface area contributed by atoms with Gasteiger partial charge in [0.15, 0.2) is 0 Å². The van der Waals surface area contributed by atoms with Crippen molar-refractivity contribution in [2.45, 2.75) is 20.3 Å². The van der Waals surface area contributed by atoms with Gasteiger partial charge >= 0.3 is 12.0 Å². The molecule has 0 fully saturated rings. The molecule has 1 unspecified atom stereocenters. The number of hydrogen-bond donors (Lipinski definition) is 3. The Bertz CT molecular complexity index is 477. The number of aromatic carboxylic acids is 1. The normalized spacial score (nSPS) is 11.7. The molecule has 0 aliphatic carbocycles. The van der Waals surface area contributed by atoms with E-state index < -0.39 is 17.8 Å². The van der Waals surface area contributed by atoms with Crippen LogP contribution < -0.4 is 10.6 Å². The van der Waals surface area contributed by atoms with Crippen LogP contribution >= 0.6 is 0 Å². The predicted octanol–water partition coefficient (Wildman–Crippen LogP) is 2.69. The highest BCUT2D eigenvalue weighted by atomic mass is 19.1. The second kappa shape index (κ2) is 6.72. The summed E-state index contributed by atoms with van der Waals surface area (Å²) in [6.07, 6.45) is 0.903. The quantitative estimate of drug-likeness (QED) is 0.768. The SMILES string of the molecule is CCC(C)CNC(=O)Nc1c(F)cccc1C(=O)O. The van der Waals surface area contributed by atoms with Crippen molar-refractivity contribution < 1.29 is 19.1 Å². The molecule has 104 valence electrons. The summed E-state index contributed by atoms with van der Waals surface area (Å²) in [6, 6.07) is 2.99. The number of hydrogen-bond acceptors (Lipinski definition) is 2. The number of carboxylic acids is 1. The summed E-state index contributed by atoms with van der Waals surface area (Å²) in [5, 5.41) is 13.7. The number of benzene rings is 1. The molecule has 0 heterocycles. The van der Waals surface area contributed by atoms with E-state index >= 15 is 0 Å². The summed E-state index contributed by atoms with van der Waals surface area (Å²) in [6.45, 7) is 4.40. The van der Waals surface area contributed by atoms with E-state index in [-0.39, 0.29) is 11.3 Å². The lowest BCUT2D eigenvalue weighted by Gasteiger charge is -2.13. The van der Waals surface area contributed by atoms with Gasteiger partial charge in [-0.2, -0.15) is 0 Å². The Morgan fingerprint density at radius 1 is 1.42 bits per heavy atom. The van der Waals surface area contributed by atoms with Gasteiger partial charge in [-0.25, -0.2) is 14.0 Å². The summed E-state index contributed by atoms with van der Waals surface area (Å²) in [5.41, 5.74) is -0.602. The number of halogens is 1. The first-order chi connectivity index (χ1) is 8.95. The molecule has 2 amide bonds. The lowest BCUT2D eigenvalue weighted by Crippen LogP contribution is -2.33. The zero-order valence-electron chi connectivity index (χ0n) is 10.9. The minimum absolute atomic E-state index is 0.279. The highest BCUT2D eigenvalue weighted by molar-refractivity contribution is 6.00. The van der Waals surface area contributed by atoms with Crippen molar-refractivity contribution in [3.63, 3.8) is 0 Å². The maximum absolute atomic E-state index is 13.5. The first-order valence-corrected chi connectivity index (χ1v) is 6.02. The molecule has 0 bridgehead atoms. The van der Waals surface area contributed by atoms with E-state index in [1.165, 1.54) is 12.1 Å². The summed E-state index contributed by atoms with van der Waals surface area (Å²) < 4.78 is 13.5. The Balaban J connectivity index is 2.76. The van der Waals surface area contributed by atoms with Gasteiger partial charge in [-0.3, -0.25) is 0 Å². The smallest absolute Gasteiger partial charge is 0.337 e. The highest BCUT2D eigenvalue weighted by Crippen LogP contribution is 2.19. The molecular formula is C13H17FN2O3. The minimum atomic E-state index is -1.29. The van der Waals surface area contributed by atoms with Crippen LogP contribution in [0.4, 0.5) is 14.9 Å². The van der Waals surface area contributed by atoms with E-state index in [1.807, 2.05) is 13.8 Å². The van der Waals surface area contributed by atoms with Crippen LogP contribution in [-0.4, -0.2) is 23.7 Å². The Morgan fingerprint density at radius 3 is 2.68 bits per heavy atom. The molecule has 5 nitrogen and oxygen atoms in total. The number of para-hydroxylation sites is 1. The van der Waals surface area contributed by atoms with Gasteiger partial charge in [0, 0.05) is 6.54 Å². The fourth-order valence-corrected chi connectivity index (χ4v) is 1.40. The molecule has 19 heavy (non-hydrogen) atoms. The second-order valence-electron chi connectivity index (χ2n) is 4.32. The van der Waals surface area contributed by atoms with E-state index in [0.29, 0.717) is 12.5 Å². The van der Waals surface area contributed by atoms with Gasteiger partial charge in [0.05, 0.1) is 11.3 Å². The average molecular weight is 268 g/mol. The fraction of sp³-hybridized carbons (Fsp3) is 0.385. The predicted molar refractivity (Wildman–Crippen MR) is 69.8 cm³/mol. The number of rotatable bonds is 5. The van der Waals surface area contributed by atoms with Gasteiger partial charge in [0.2, 0.25) is 0 Å². The van der Waals surface area contributed by atoms with Crippen molar-refractivity contribution >= 4 is 17.7 Å². The number of carbonyl (C=O) groups excluding carboxylic acids is 1. The molecule has 0 aliphatic rings. The van der Waals surface area contributed by atoms with E-state index in [4.69, 9.17) is 5.11 Å². The summed E-state index contributed by atoms with van der Waals surface area (Å²) >= 11 is 0. The van der Waals surface area contributed by atoms with Crippen LogP contribution in [0.1, 0.15) is 30.6 Å². The molecular weight excluding hydrogens is 251 g/mol. The van der Waals surface area contributed by atoms with E-state index in [1.54, 1.807) is 0 Å². The number of anilines is 1. The van der Waals surface area contributed by atoms with Gasteiger partial charge in [-0.05, 0) is 18.1 Å². The van der Waals surface area contributed by atoms with Crippen LogP contribution in [-0.2, 0) is 0 Å². The number of urea groups is 1. The minimum Gasteiger partial charge on any atom is -0.478 e. The highest BCUT2D eigenvalue weighted by Gasteiger charge is 2.16. The lowest BCUT2D eigenvalue weighted by molar-refractivity contribution is 0.0697. The number of carbonyl (C=O) groups is 2. The van der Waals surface area contributed by atoms with Crippen LogP contribution in [0.15, 0.2) is 18.2 Å². The number of nitrogens with one attached hydrogen (secondary N) is 2. The van der Waals surface area contributed by atoms with Crippen LogP contribution in [0.25, 0.3) is 0 Å². The van der Waals surface area contributed by atoms with Gasteiger partial charge in [0.1, 0.15) is 5.82 Å². The van der Waals surface area contributed by atoms with Crippen LogP contribution in [0, 0.1) is 11.7 Å². The topological polar surface area (TPSA) is 78.4 Å². The molecule has 0 aromatic heterocycles. The Labute approximate surface area is 110 Å². The van der Waals surface area contributed by atoms with E-state index in [0.717, 1.165) is 12.5 Å². The van der Waals surface area contributed by atoms with Crippen molar-refractivity contribution in [2.24, 2.45) is 5.92 Å². The molecule has 0 saturated carbocycles. The fourth-order valence-electron chi connectivity index (χ4n) is 1.40. The van der Waals surface area contributed by atoms with Crippen molar-refractivity contribution in [1.82, 2.24) is 5.32 Å². The van der Waals surface area contributed by atoms with Crippen molar-refractivity contribution in [1.29, 1.82) is 0 Å². The standard InChI is InChI=1S/C13H17FN2O3/c1-3-8(2)7-15-13(19)16-11-9(12(17)18)5-4-6-10(11)14/h4-6,8H,3,7H2,1-2H3,(H,17,18)(H2,15,16,19). The van der Waals surface area contributed by atoms with Crippen molar-refractivity contribution in [3.8, 4) is 0 Å². The van der Waals surface area contributed by atoms with Crippen LogP contribution in [0.2, 0.25) is 0 Å². The maximum atomic E-state index is 13.5. The molecule has 0 aliphatic heterocycles. The Kier molecular flexibility index (Phi) is 5.29. The molecule has 6 heteroatoms. The van der Waals surface area contributed by atoms with Gasteiger partial charge < -0.3 is 15.7 Å². The first-order valence-electron chi connectivity index (χ1n) is 6.02. The third-order valence-electron chi connectivity index (χ3n) is 2.79. The summed E-state index contributed by atoms with van der Waals surface area (Å²) in [4.78, 5) is 22.5. The first kappa shape index (κ1) is 14.9. The van der Waals surface area contributed by atoms with Crippen LogP contribution in [0.3, 0.4) is 0 Å². The largest absolute Gasteiger partial charge is 0.478 e. The molecule has 3 N–H and O–H groups in total. The number of amides is 2.